The lowest BCUT2D eigenvalue weighted by atomic mass is 9.86. The van der Waals surface area contributed by atoms with Gasteiger partial charge in [0.1, 0.15) is 0 Å². The van der Waals surface area contributed by atoms with Crippen molar-refractivity contribution in [1.29, 1.82) is 0 Å². The summed E-state index contributed by atoms with van der Waals surface area (Å²) in [5, 5.41) is 3.97. The molecule has 0 fully saturated rings. The molecule has 4 nitrogen and oxygen atoms in total. The molecule has 0 aliphatic carbocycles. The van der Waals surface area contributed by atoms with Gasteiger partial charge in [-0.2, -0.15) is 0 Å². The van der Waals surface area contributed by atoms with E-state index in [4.69, 9.17) is 5.73 Å². The third-order valence-corrected chi connectivity index (χ3v) is 3.46. The number of aromatic nitrogens is 1. The summed E-state index contributed by atoms with van der Waals surface area (Å²) in [5.41, 5.74) is 6.99. The van der Waals surface area contributed by atoms with Crippen LogP contribution in [0.3, 0.4) is 0 Å². The van der Waals surface area contributed by atoms with Gasteiger partial charge >= 0.3 is 0 Å². The molecule has 5 heteroatoms. The molecule has 1 amide bonds. The van der Waals surface area contributed by atoms with E-state index in [9.17, 15) is 4.79 Å². The number of carbonyl (C=O) groups is 1. The van der Waals surface area contributed by atoms with Gasteiger partial charge in [-0.3, -0.25) is 9.78 Å². The summed E-state index contributed by atoms with van der Waals surface area (Å²) in [6, 6.07) is 9.34. The predicted molar refractivity (Wildman–Crippen MR) is 88.8 cm³/mol. The highest BCUT2D eigenvalue weighted by Gasteiger charge is 2.25. The van der Waals surface area contributed by atoms with Gasteiger partial charge in [-0.25, -0.2) is 0 Å². The molecule has 0 spiro atoms. The zero-order chi connectivity index (χ0) is 14.8. The van der Waals surface area contributed by atoms with Gasteiger partial charge in [0, 0.05) is 24.2 Å². The van der Waals surface area contributed by atoms with Crippen LogP contribution in [0.4, 0.5) is 0 Å². The third kappa shape index (κ3) is 3.93. The Morgan fingerprint density at radius 1 is 1.29 bits per heavy atom. The number of nitrogens with zero attached hydrogens (tertiary/aromatic N) is 1. The van der Waals surface area contributed by atoms with Crippen LogP contribution in [0.1, 0.15) is 31.1 Å². The topological polar surface area (TPSA) is 68.0 Å². The van der Waals surface area contributed by atoms with E-state index in [0.717, 1.165) is 10.9 Å². The van der Waals surface area contributed by atoms with Crippen LogP contribution in [-0.2, 0) is 0 Å². The van der Waals surface area contributed by atoms with Crippen molar-refractivity contribution in [1.82, 2.24) is 10.3 Å². The number of benzene rings is 1. The minimum atomic E-state index is -0.125. The van der Waals surface area contributed by atoms with Gasteiger partial charge < -0.3 is 11.1 Å². The Hall–Kier alpha value is -1.65. The van der Waals surface area contributed by atoms with Crippen LogP contribution in [0.15, 0.2) is 36.5 Å². The molecule has 1 aromatic heterocycles. The molecule has 0 aliphatic rings. The molecule has 0 radical (unpaired) electrons. The summed E-state index contributed by atoms with van der Waals surface area (Å²) in [7, 11) is 0. The van der Waals surface area contributed by atoms with Gasteiger partial charge in [-0.15, -0.1) is 12.4 Å². The second-order valence-electron chi connectivity index (χ2n) is 6.01. The Kier molecular flexibility index (Phi) is 5.70. The lowest BCUT2D eigenvalue weighted by molar-refractivity contribution is 0.0907. The van der Waals surface area contributed by atoms with Gasteiger partial charge in [0.15, 0.2) is 0 Å². The highest BCUT2D eigenvalue weighted by atomic mass is 35.5. The van der Waals surface area contributed by atoms with Gasteiger partial charge in [0.25, 0.3) is 5.91 Å². The van der Waals surface area contributed by atoms with Crippen molar-refractivity contribution in [2.24, 2.45) is 11.1 Å². The van der Waals surface area contributed by atoms with Crippen LogP contribution < -0.4 is 11.1 Å². The van der Waals surface area contributed by atoms with Crippen molar-refractivity contribution in [3.8, 4) is 0 Å². The van der Waals surface area contributed by atoms with Crippen molar-refractivity contribution in [3.05, 3.63) is 42.1 Å². The standard InChI is InChI=1S/C16H21N3O.ClH/c1-16(2,3)13(10-17)19-15(20)12-8-4-6-11-7-5-9-18-14(11)12;/h4-9,13H,10,17H2,1-3H3,(H,19,20);1H. The zero-order valence-electron chi connectivity index (χ0n) is 12.6. The predicted octanol–water partition coefficient (Wildman–Crippen LogP) is 2.76. The molecule has 114 valence electrons. The summed E-state index contributed by atoms with van der Waals surface area (Å²) >= 11 is 0. The summed E-state index contributed by atoms with van der Waals surface area (Å²) < 4.78 is 0. The molecule has 1 heterocycles. The minimum Gasteiger partial charge on any atom is -0.347 e. The van der Waals surface area contributed by atoms with E-state index in [1.165, 1.54) is 0 Å². The highest BCUT2D eigenvalue weighted by Crippen LogP contribution is 2.20. The van der Waals surface area contributed by atoms with Crippen LogP contribution in [0, 0.1) is 5.41 Å². The van der Waals surface area contributed by atoms with E-state index >= 15 is 0 Å². The SMILES string of the molecule is CC(C)(C)C(CN)NC(=O)c1cccc2cccnc12.Cl. The molecule has 2 aromatic rings. The number of para-hydroxylation sites is 1. The molecule has 1 aromatic carbocycles. The number of fused-ring (bicyclic) bond motifs is 1. The van der Waals surface area contributed by atoms with Crippen molar-refractivity contribution in [2.45, 2.75) is 26.8 Å². The maximum absolute atomic E-state index is 12.5. The van der Waals surface area contributed by atoms with Crippen LogP contribution in [-0.4, -0.2) is 23.5 Å². The first-order valence-electron chi connectivity index (χ1n) is 6.78. The zero-order valence-corrected chi connectivity index (χ0v) is 13.4. The van der Waals surface area contributed by atoms with Crippen molar-refractivity contribution in [3.63, 3.8) is 0 Å². The Morgan fingerprint density at radius 2 is 1.95 bits per heavy atom. The normalized spacial score (nSPS) is 12.6. The number of hydrogen-bond donors (Lipinski definition) is 2. The summed E-state index contributed by atoms with van der Waals surface area (Å²) in [5.74, 6) is -0.125. The van der Waals surface area contributed by atoms with Crippen LogP contribution in [0.5, 0.6) is 0 Å². The van der Waals surface area contributed by atoms with Crippen molar-refractivity contribution >= 4 is 29.2 Å². The lowest BCUT2D eigenvalue weighted by Crippen LogP contribution is -2.48. The van der Waals surface area contributed by atoms with Crippen molar-refractivity contribution < 1.29 is 4.79 Å². The molecule has 0 bridgehead atoms. The van der Waals surface area contributed by atoms with Crippen LogP contribution >= 0.6 is 12.4 Å². The maximum atomic E-state index is 12.5. The first-order valence-corrected chi connectivity index (χ1v) is 6.78. The summed E-state index contributed by atoms with van der Waals surface area (Å²) in [4.78, 5) is 16.8. The van der Waals surface area contributed by atoms with Gasteiger partial charge in [-0.05, 0) is 17.5 Å². The Balaban J connectivity index is 0.00000220. The number of rotatable bonds is 3. The minimum absolute atomic E-state index is 0. The average Bonchev–Trinajstić information content (AvgIpc) is 2.42. The average molecular weight is 308 g/mol. The Bertz CT molecular complexity index is 617. The fraction of sp³-hybridized carbons (Fsp3) is 0.375. The molecule has 1 unspecified atom stereocenters. The summed E-state index contributed by atoms with van der Waals surface area (Å²) in [6.07, 6.45) is 1.70. The number of amides is 1. The fourth-order valence-corrected chi connectivity index (χ4v) is 2.15. The molecule has 0 aliphatic heterocycles. The van der Waals surface area contributed by atoms with Crippen molar-refractivity contribution in [2.75, 3.05) is 6.54 Å². The number of carbonyl (C=O) groups excluding carboxylic acids is 1. The number of halogens is 1. The van der Waals surface area contributed by atoms with E-state index in [2.05, 4.69) is 31.1 Å². The third-order valence-electron chi connectivity index (χ3n) is 3.46. The molecule has 3 N–H and O–H groups in total. The monoisotopic (exact) mass is 307 g/mol. The molecule has 21 heavy (non-hydrogen) atoms. The molecular weight excluding hydrogens is 286 g/mol. The van der Waals surface area contributed by atoms with Gasteiger partial charge in [0.05, 0.1) is 11.1 Å². The molecule has 2 rings (SSSR count). The number of pyridine rings is 1. The molecule has 1 atom stereocenters. The van der Waals surface area contributed by atoms with Gasteiger partial charge in [0.2, 0.25) is 0 Å². The molecule has 0 saturated heterocycles. The molecular formula is C16H22ClN3O. The van der Waals surface area contributed by atoms with E-state index in [1.807, 2.05) is 24.3 Å². The Labute approximate surface area is 131 Å². The summed E-state index contributed by atoms with van der Waals surface area (Å²) in [6.45, 7) is 6.60. The molecule has 0 saturated carbocycles. The van der Waals surface area contributed by atoms with Crippen LogP contribution in [0.2, 0.25) is 0 Å². The van der Waals surface area contributed by atoms with Gasteiger partial charge in [-0.1, -0.05) is 39.0 Å². The quantitative estimate of drug-likeness (QED) is 0.916. The van der Waals surface area contributed by atoms with E-state index < -0.39 is 0 Å². The van der Waals surface area contributed by atoms with E-state index in [1.54, 1.807) is 12.3 Å². The smallest absolute Gasteiger partial charge is 0.253 e. The largest absolute Gasteiger partial charge is 0.347 e. The number of nitrogens with two attached hydrogens (primary N) is 1. The van der Waals surface area contributed by atoms with E-state index in [-0.39, 0.29) is 29.8 Å². The van der Waals surface area contributed by atoms with E-state index in [0.29, 0.717) is 12.1 Å². The Morgan fingerprint density at radius 3 is 2.57 bits per heavy atom. The lowest BCUT2D eigenvalue weighted by Gasteiger charge is -2.30. The van der Waals surface area contributed by atoms with Crippen LogP contribution in [0.25, 0.3) is 10.9 Å². The second-order valence-corrected chi connectivity index (χ2v) is 6.01. The fourth-order valence-electron chi connectivity index (χ4n) is 2.15. The maximum Gasteiger partial charge on any atom is 0.253 e. The number of hydrogen-bond acceptors (Lipinski definition) is 3. The first-order chi connectivity index (χ1) is 9.43. The first kappa shape index (κ1) is 17.4. The number of nitrogens with one attached hydrogen (secondary N) is 1. The highest BCUT2D eigenvalue weighted by molar-refractivity contribution is 6.05. The second kappa shape index (κ2) is 6.87.